The number of hydrogen-bond donors (Lipinski definition) is 0. The maximum Gasteiger partial charge on any atom is 1.00 e. The molecule has 0 saturated carbocycles. The van der Waals surface area contributed by atoms with E-state index in [4.69, 9.17) is 4.74 Å². The van der Waals surface area contributed by atoms with Gasteiger partial charge in [0.25, 0.3) is 0 Å². The summed E-state index contributed by atoms with van der Waals surface area (Å²) in [4.78, 5) is -0.238. The molecule has 0 N–H and O–H groups in total. The molecule has 1 aromatic carbocycles. The molecule has 1 rings (SSSR count). The van der Waals surface area contributed by atoms with Crippen LogP contribution in [-0.2, 0) is 10.1 Å². The number of rotatable bonds is 13. The van der Waals surface area contributed by atoms with Gasteiger partial charge in [0.1, 0.15) is 15.9 Å². The minimum absolute atomic E-state index is 0. The maximum absolute atomic E-state index is 10.9. The third-order valence-corrected chi connectivity index (χ3v) is 4.69. The summed E-state index contributed by atoms with van der Waals surface area (Å²) in [5.41, 5.74) is 0. The van der Waals surface area contributed by atoms with Gasteiger partial charge in [0.05, 0.1) is 11.5 Å². The molecular weight excluding hydrogens is 335 g/mol. The zero-order chi connectivity index (χ0) is 17.0. The third-order valence-electron chi connectivity index (χ3n) is 3.86. The molecule has 0 fully saturated rings. The van der Waals surface area contributed by atoms with Crippen LogP contribution in [0.4, 0.5) is 0 Å². The van der Waals surface area contributed by atoms with Gasteiger partial charge in [0.2, 0.25) is 0 Å². The molecule has 0 aliphatic carbocycles. The standard InChI is InChI=1S/C18H30O4S.Na/c1-2-3-4-5-6-7-8-9-10-11-15-22-17-13-12-14-18(16-17)23(19,20)21;/h12-14,16H,2-11,15H2,1H3,(H,19,20,21);/q;+1/p-1. The maximum atomic E-state index is 10.9. The van der Waals surface area contributed by atoms with Crippen molar-refractivity contribution in [3.63, 3.8) is 0 Å². The molecule has 0 atom stereocenters. The smallest absolute Gasteiger partial charge is 0.744 e. The molecule has 24 heavy (non-hydrogen) atoms. The molecule has 6 heteroatoms. The number of benzene rings is 1. The fraction of sp³-hybridized carbons (Fsp3) is 0.667. The monoisotopic (exact) mass is 364 g/mol. The number of unbranched alkanes of at least 4 members (excludes halogenated alkanes) is 9. The van der Waals surface area contributed by atoms with Crippen LogP contribution in [-0.4, -0.2) is 19.6 Å². The van der Waals surface area contributed by atoms with Crippen LogP contribution in [0.3, 0.4) is 0 Å². The van der Waals surface area contributed by atoms with Crippen molar-refractivity contribution in [2.75, 3.05) is 6.61 Å². The van der Waals surface area contributed by atoms with Gasteiger partial charge < -0.3 is 9.29 Å². The summed E-state index contributed by atoms with van der Waals surface area (Å²) in [5, 5.41) is 0. The molecule has 0 bridgehead atoms. The Hall–Kier alpha value is -0.0700. The third kappa shape index (κ3) is 11.5. The Labute approximate surface area is 169 Å². The van der Waals surface area contributed by atoms with Crippen LogP contribution < -0.4 is 34.3 Å². The SMILES string of the molecule is CCCCCCCCCCCCOc1cccc(S(=O)(=O)[O-])c1.[Na+]. The summed E-state index contributed by atoms with van der Waals surface area (Å²) in [7, 11) is -4.41. The molecule has 1 aromatic rings. The molecule has 0 heterocycles. The molecule has 0 aliphatic rings. The molecule has 0 spiro atoms. The van der Waals surface area contributed by atoms with E-state index in [2.05, 4.69) is 6.92 Å². The van der Waals surface area contributed by atoms with E-state index in [0.717, 1.165) is 12.8 Å². The van der Waals surface area contributed by atoms with Gasteiger partial charge in [0, 0.05) is 0 Å². The summed E-state index contributed by atoms with van der Waals surface area (Å²) in [6.45, 7) is 2.79. The van der Waals surface area contributed by atoms with Crippen molar-refractivity contribution in [2.45, 2.75) is 76.0 Å². The Balaban J connectivity index is 0.00000529. The summed E-state index contributed by atoms with van der Waals surface area (Å²) >= 11 is 0. The van der Waals surface area contributed by atoms with Gasteiger partial charge in [-0.2, -0.15) is 0 Å². The first-order valence-electron chi connectivity index (χ1n) is 8.73. The second kappa shape index (κ2) is 14.1. The van der Waals surface area contributed by atoms with Crippen LogP contribution in [0.25, 0.3) is 0 Å². The van der Waals surface area contributed by atoms with Crippen molar-refractivity contribution in [3.05, 3.63) is 24.3 Å². The Morgan fingerprint density at radius 2 is 1.46 bits per heavy atom. The topological polar surface area (TPSA) is 66.4 Å². The van der Waals surface area contributed by atoms with Gasteiger partial charge in [0.15, 0.2) is 0 Å². The first-order chi connectivity index (χ1) is 11.0. The van der Waals surface area contributed by atoms with E-state index in [1.807, 2.05) is 0 Å². The molecule has 0 aliphatic heterocycles. The first kappa shape index (κ1) is 23.9. The second-order valence-electron chi connectivity index (χ2n) is 5.96. The van der Waals surface area contributed by atoms with Gasteiger partial charge in [-0.3, -0.25) is 0 Å². The Bertz CT molecular complexity index is 532. The van der Waals surface area contributed by atoms with E-state index in [0.29, 0.717) is 12.4 Å². The van der Waals surface area contributed by atoms with Crippen LogP contribution in [0.5, 0.6) is 5.75 Å². The summed E-state index contributed by atoms with van der Waals surface area (Å²) in [5.74, 6) is 0.442. The quantitative estimate of drug-likeness (QED) is 0.305. The van der Waals surface area contributed by atoms with Crippen molar-refractivity contribution in [2.24, 2.45) is 0 Å². The minimum atomic E-state index is -4.41. The van der Waals surface area contributed by atoms with E-state index < -0.39 is 10.1 Å². The molecule has 0 aromatic heterocycles. The van der Waals surface area contributed by atoms with Crippen LogP contribution in [0.1, 0.15) is 71.1 Å². The Morgan fingerprint density at radius 1 is 0.917 bits per heavy atom. The van der Waals surface area contributed by atoms with Crippen LogP contribution in [0.2, 0.25) is 0 Å². The normalized spacial score (nSPS) is 11.1. The summed E-state index contributed by atoms with van der Waals surface area (Å²) < 4.78 is 38.3. The molecular formula is C18H29NaO4S. The van der Waals surface area contributed by atoms with E-state index in [1.54, 1.807) is 6.07 Å². The van der Waals surface area contributed by atoms with Crippen LogP contribution >= 0.6 is 0 Å². The van der Waals surface area contributed by atoms with Gasteiger partial charge in [-0.1, -0.05) is 70.8 Å². The molecule has 0 saturated heterocycles. The molecule has 0 amide bonds. The average molecular weight is 364 g/mol. The van der Waals surface area contributed by atoms with E-state index >= 15 is 0 Å². The van der Waals surface area contributed by atoms with Gasteiger partial charge in [-0.25, -0.2) is 8.42 Å². The largest absolute Gasteiger partial charge is 1.00 e. The van der Waals surface area contributed by atoms with E-state index in [1.165, 1.54) is 69.6 Å². The number of hydrogen-bond acceptors (Lipinski definition) is 4. The zero-order valence-corrected chi connectivity index (χ0v) is 17.9. The van der Waals surface area contributed by atoms with Crippen LogP contribution in [0, 0.1) is 0 Å². The van der Waals surface area contributed by atoms with Gasteiger partial charge >= 0.3 is 29.6 Å². The fourth-order valence-electron chi connectivity index (χ4n) is 2.50. The predicted octanol–water partition coefficient (Wildman–Crippen LogP) is 1.89. The van der Waals surface area contributed by atoms with E-state index in [9.17, 15) is 13.0 Å². The fourth-order valence-corrected chi connectivity index (χ4v) is 3.00. The predicted molar refractivity (Wildman–Crippen MR) is 91.7 cm³/mol. The summed E-state index contributed by atoms with van der Waals surface area (Å²) in [6, 6.07) is 5.78. The zero-order valence-electron chi connectivity index (χ0n) is 15.1. The molecule has 0 unspecified atom stereocenters. The molecule has 4 nitrogen and oxygen atoms in total. The molecule has 0 radical (unpaired) electrons. The number of ether oxygens (including phenoxy) is 1. The Morgan fingerprint density at radius 3 is 2.00 bits per heavy atom. The van der Waals surface area contributed by atoms with Crippen molar-refractivity contribution >= 4 is 10.1 Å². The van der Waals surface area contributed by atoms with Gasteiger partial charge in [-0.05, 0) is 24.6 Å². The Kier molecular flexibility index (Phi) is 14.1. The average Bonchev–Trinajstić information content (AvgIpc) is 2.52. The molecule has 132 valence electrons. The minimum Gasteiger partial charge on any atom is -0.744 e. The first-order valence-corrected chi connectivity index (χ1v) is 10.1. The summed E-state index contributed by atoms with van der Waals surface area (Å²) in [6.07, 6.45) is 12.6. The second-order valence-corrected chi connectivity index (χ2v) is 7.34. The van der Waals surface area contributed by atoms with E-state index in [-0.39, 0.29) is 34.5 Å². The van der Waals surface area contributed by atoms with Gasteiger partial charge in [-0.15, -0.1) is 0 Å². The van der Waals surface area contributed by atoms with Crippen molar-refractivity contribution in [1.82, 2.24) is 0 Å². The van der Waals surface area contributed by atoms with Crippen molar-refractivity contribution in [1.29, 1.82) is 0 Å². The van der Waals surface area contributed by atoms with Crippen molar-refractivity contribution < 1.29 is 47.3 Å². The van der Waals surface area contributed by atoms with Crippen LogP contribution in [0.15, 0.2) is 29.2 Å². The van der Waals surface area contributed by atoms with Crippen molar-refractivity contribution in [3.8, 4) is 5.75 Å².